The lowest BCUT2D eigenvalue weighted by molar-refractivity contribution is -0.146. The summed E-state index contributed by atoms with van der Waals surface area (Å²) in [6.07, 6.45) is 1.56. The summed E-state index contributed by atoms with van der Waals surface area (Å²) < 4.78 is 0. The van der Waals surface area contributed by atoms with Crippen molar-refractivity contribution in [2.24, 2.45) is 16.8 Å². The second-order valence-corrected chi connectivity index (χ2v) is 9.61. The van der Waals surface area contributed by atoms with E-state index in [0.29, 0.717) is 30.6 Å². The molecular formula is C22H31N3O2S. The number of nitrogens with zero attached hydrogens (tertiary/aromatic N) is 2. The molecule has 1 N–H and O–H groups in total. The highest BCUT2D eigenvalue weighted by molar-refractivity contribution is 8.14. The second-order valence-electron chi connectivity index (χ2n) is 8.60. The third kappa shape index (κ3) is 4.96. The van der Waals surface area contributed by atoms with E-state index in [0.717, 1.165) is 17.0 Å². The van der Waals surface area contributed by atoms with Crippen LogP contribution in [0.2, 0.25) is 0 Å². The summed E-state index contributed by atoms with van der Waals surface area (Å²) in [4.78, 5) is 32.7. The van der Waals surface area contributed by atoms with Crippen molar-refractivity contribution >= 4 is 28.6 Å². The molecule has 0 aromatic heterocycles. The quantitative estimate of drug-likeness (QED) is 0.795. The van der Waals surface area contributed by atoms with Crippen LogP contribution in [0.15, 0.2) is 35.3 Å². The van der Waals surface area contributed by atoms with Gasteiger partial charge >= 0.3 is 0 Å². The van der Waals surface area contributed by atoms with Crippen molar-refractivity contribution < 1.29 is 9.59 Å². The molecule has 1 saturated heterocycles. The van der Waals surface area contributed by atoms with Crippen LogP contribution in [0.25, 0.3) is 0 Å². The maximum atomic E-state index is 13.4. The lowest BCUT2D eigenvalue weighted by Crippen LogP contribution is -2.63. The summed E-state index contributed by atoms with van der Waals surface area (Å²) in [6, 6.07) is 9.21. The summed E-state index contributed by atoms with van der Waals surface area (Å²) in [5, 5.41) is 4.06. The highest BCUT2D eigenvalue weighted by Gasteiger charge is 2.41. The first-order valence-electron chi connectivity index (χ1n) is 10.2. The number of benzene rings is 1. The monoisotopic (exact) mass is 401 g/mol. The fourth-order valence-electron chi connectivity index (χ4n) is 3.91. The average molecular weight is 402 g/mol. The van der Waals surface area contributed by atoms with Crippen molar-refractivity contribution in [3.63, 3.8) is 0 Å². The average Bonchev–Trinajstić information content (AvgIpc) is 3.13. The van der Waals surface area contributed by atoms with Gasteiger partial charge in [-0.15, -0.1) is 11.8 Å². The van der Waals surface area contributed by atoms with Gasteiger partial charge in [0.2, 0.25) is 11.8 Å². The fourth-order valence-corrected chi connectivity index (χ4v) is 4.94. The third-order valence-electron chi connectivity index (χ3n) is 5.13. The molecule has 1 aromatic carbocycles. The van der Waals surface area contributed by atoms with Crippen LogP contribution in [0.1, 0.15) is 46.1 Å². The molecule has 0 saturated carbocycles. The Bertz CT molecular complexity index is 733. The Morgan fingerprint density at radius 3 is 2.50 bits per heavy atom. The number of carbonyl (C=O) groups excluding carboxylic acids is 2. The minimum atomic E-state index is -0.402. The molecular weight excluding hydrogens is 370 g/mol. The zero-order valence-corrected chi connectivity index (χ0v) is 18.0. The van der Waals surface area contributed by atoms with Crippen molar-refractivity contribution in [1.29, 1.82) is 0 Å². The largest absolute Gasteiger partial charge is 0.350 e. The summed E-state index contributed by atoms with van der Waals surface area (Å²) in [7, 11) is 0. The molecule has 152 valence electrons. The second kappa shape index (κ2) is 9.12. The molecule has 1 fully saturated rings. The van der Waals surface area contributed by atoms with Gasteiger partial charge in [-0.2, -0.15) is 0 Å². The van der Waals surface area contributed by atoms with Crippen LogP contribution in [-0.4, -0.2) is 52.2 Å². The number of aliphatic imine (C=N–C) groups is 1. The molecule has 2 amide bonds. The van der Waals surface area contributed by atoms with E-state index in [1.165, 1.54) is 0 Å². The number of nitrogens with one attached hydrogen (secondary N) is 1. The van der Waals surface area contributed by atoms with Crippen molar-refractivity contribution in [3.8, 4) is 0 Å². The molecule has 3 rings (SSSR count). The van der Waals surface area contributed by atoms with Crippen molar-refractivity contribution in [1.82, 2.24) is 10.2 Å². The number of amides is 2. The van der Waals surface area contributed by atoms with Crippen LogP contribution in [0.5, 0.6) is 0 Å². The molecule has 1 aromatic rings. The summed E-state index contributed by atoms with van der Waals surface area (Å²) in [5.41, 5.74) is 1.05. The number of hydrogen-bond acceptors (Lipinski definition) is 4. The van der Waals surface area contributed by atoms with E-state index in [1.54, 1.807) is 11.8 Å². The van der Waals surface area contributed by atoms with E-state index < -0.39 is 12.1 Å². The van der Waals surface area contributed by atoms with E-state index in [1.807, 2.05) is 35.2 Å². The van der Waals surface area contributed by atoms with Gasteiger partial charge in [-0.1, -0.05) is 58.0 Å². The molecule has 0 aliphatic carbocycles. The van der Waals surface area contributed by atoms with E-state index in [2.05, 4.69) is 33.0 Å². The first-order valence-corrected chi connectivity index (χ1v) is 11.2. The molecule has 2 aliphatic rings. The van der Waals surface area contributed by atoms with Crippen molar-refractivity contribution in [3.05, 3.63) is 35.9 Å². The van der Waals surface area contributed by atoms with Gasteiger partial charge in [-0.25, -0.2) is 0 Å². The van der Waals surface area contributed by atoms with Gasteiger partial charge in [0.25, 0.3) is 0 Å². The molecule has 2 aliphatic heterocycles. The molecule has 0 spiro atoms. The van der Waals surface area contributed by atoms with Gasteiger partial charge < -0.3 is 10.2 Å². The normalized spacial score (nSPS) is 25.2. The number of hydrogen-bond donors (Lipinski definition) is 1. The Kier molecular flexibility index (Phi) is 6.81. The van der Waals surface area contributed by atoms with E-state index in [4.69, 9.17) is 4.99 Å². The summed E-state index contributed by atoms with van der Waals surface area (Å²) >= 11 is 1.63. The van der Waals surface area contributed by atoms with Crippen LogP contribution in [0.3, 0.4) is 0 Å². The van der Waals surface area contributed by atoms with Crippen LogP contribution < -0.4 is 5.32 Å². The summed E-state index contributed by atoms with van der Waals surface area (Å²) in [5.74, 6) is 1.43. The van der Waals surface area contributed by atoms with Gasteiger partial charge in [-0.3, -0.25) is 14.6 Å². The molecule has 0 bridgehead atoms. The van der Waals surface area contributed by atoms with Gasteiger partial charge in [0.1, 0.15) is 12.1 Å². The third-order valence-corrected chi connectivity index (χ3v) is 6.23. The Balaban J connectivity index is 1.79. The van der Waals surface area contributed by atoms with Crippen LogP contribution >= 0.6 is 11.8 Å². The molecule has 2 heterocycles. The Labute approximate surface area is 172 Å². The highest BCUT2D eigenvalue weighted by Crippen LogP contribution is 2.27. The van der Waals surface area contributed by atoms with Crippen molar-refractivity contribution in [2.45, 2.75) is 58.7 Å². The predicted octanol–water partition coefficient (Wildman–Crippen LogP) is 3.34. The number of carbonyl (C=O) groups is 2. The maximum Gasteiger partial charge on any atom is 0.249 e. The van der Waals surface area contributed by atoms with Crippen LogP contribution in [0, 0.1) is 11.8 Å². The SMILES string of the molecule is CC(C)CC1CN(C(=O)C2CSC(c3ccccc3)=N2)C(CC(C)C)C(=O)N1. The molecule has 5 nitrogen and oxygen atoms in total. The molecule has 28 heavy (non-hydrogen) atoms. The summed E-state index contributed by atoms with van der Waals surface area (Å²) in [6.45, 7) is 9.04. The Morgan fingerprint density at radius 1 is 1.18 bits per heavy atom. The molecule has 3 atom stereocenters. The topological polar surface area (TPSA) is 61.8 Å². The Morgan fingerprint density at radius 2 is 1.86 bits per heavy atom. The van der Waals surface area contributed by atoms with Gasteiger partial charge in [-0.05, 0) is 24.7 Å². The van der Waals surface area contributed by atoms with Crippen LogP contribution in [0.4, 0.5) is 0 Å². The fraction of sp³-hybridized carbons (Fsp3) is 0.591. The number of rotatable bonds is 6. The first-order chi connectivity index (χ1) is 13.3. The molecule has 3 unspecified atom stereocenters. The van der Waals surface area contributed by atoms with Gasteiger partial charge in [0, 0.05) is 23.9 Å². The first kappa shape index (κ1) is 20.9. The van der Waals surface area contributed by atoms with Gasteiger partial charge in [0.15, 0.2) is 0 Å². The smallest absolute Gasteiger partial charge is 0.249 e. The minimum absolute atomic E-state index is 0.00677. The van der Waals surface area contributed by atoms with Crippen LogP contribution in [-0.2, 0) is 9.59 Å². The van der Waals surface area contributed by atoms with Crippen molar-refractivity contribution in [2.75, 3.05) is 12.3 Å². The lowest BCUT2D eigenvalue weighted by Gasteiger charge is -2.41. The zero-order chi connectivity index (χ0) is 20.3. The van der Waals surface area contributed by atoms with E-state index in [-0.39, 0.29) is 17.9 Å². The zero-order valence-electron chi connectivity index (χ0n) is 17.2. The Hall–Kier alpha value is -1.82. The maximum absolute atomic E-state index is 13.4. The number of piperazine rings is 1. The number of thioether (sulfide) groups is 1. The van der Waals surface area contributed by atoms with E-state index in [9.17, 15) is 9.59 Å². The standard InChI is InChI=1S/C22H31N3O2S/c1-14(2)10-17-12-25(19(11-15(3)4)20(26)23-17)22(27)18-13-28-21(24-18)16-8-6-5-7-9-16/h5-9,14-15,17-19H,10-13H2,1-4H3,(H,23,26). The highest BCUT2D eigenvalue weighted by atomic mass is 32.2. The molecule has 0 radical (unpaired) electrons. The predicted molar refractivity (Wildman–Crippen MR) is 116 cm³/mol. The van der Waals surface area contributed by atoms with E-state index >= 15 is 0 Å². The lowest BCUT2D eigenvalue weighted by atomic mass is 9.94. The van der Waals surface area contributed by atoms with Gasteiger partial charge in [0.05, 0.1) is 5.04 Å². The minimum Gasteiger partial charge on any atom is -0.350 e. The molecule has 6 heteroatoms.